The third-order valence-electron chi connectivity index (χ3n) is 7.97. The summed E-state index contributed by atoms with van der Waals surface area (Å²) in [5.41, 5.74) is 6.83. The summed E-state index contributed by atoms with van der Waals surface area (Å²) in [4.78, 5) is 29.0. The molecule has 2 aliphatic rings. The number of hydrogen-bond donors (Lipinski definition) is 1. The molecule has 2 aliphatic heterocycles. The second-order valence-corrected chi connectivity index (χ2v) is 10.7. The highest BCUT2D eigenvalue weighted by Crippen LogP contribution is 2.35. The van der Waals surface area contributed by atoms with Gasteiger partial charge in [0.2, 0.25) is 5.91 Å². The first-order chi connectivity index (χ1) is 19.5. The highest BCUT2D eigenvalue weighted by Gasteiger charge is 2.25. The topological polar surface area (TPSA) is 92.8 Å². The average Bonchev–Trinajstić information content (AvgIpc) is 3.37. The number of imidazole rings is 1. The van der Waals surface area contributed by atoms with E-state index in [0.717, 1.165) is 47.8 Å². The van der Waals surface area contributed by atoms with Crippen LogP contribution in [0.25, 0.3) is 16.9 Å². The Bertz CT molecular complexity index is 1580. The molecule has 0 unspecified atom stereocenters. The minimum absolute atomic E-state index is 0.0428. The lowest BCUT2D eigenvalue weighted by molar-refractivity contribution is -0.129. The standard InChI is InChI=1S/C31H34N8O/c1-22(2)38-12-5-7-23-18-24(9-10-27(23)38)30-31(39-13-11-33-20-28(39)35-30)34-21-29(40)37-16-14-36(15-17-37)26-8-4-3-6-25(26)19-32/h3-4,6,8-11,13,18,20,22,34H,5,7,12,14-17,21H2,1-2H3. The van der Waals surface area contributed by atoms with Gasteiger partial charge in [-0.25, -0.2) is 4.98 Å². The largest absolute Gasteiger partial charge is 0.369 e. The zero-order chi connectivity index (χ0) is 27.6. The number of nitrogens with one attached hydrogen (secondary N) is 1. The van der Waals surface area contributed by atoms with Crippen LogP contribution < -0.4 is 15.1 Å². The Hall–Kier alpha value is -4.58. The molecule has 204 valence electrons. The predicted octanol–water partition coefficient (Wildman–Crippen LogP) is 4.19. The number of benzene rings is 2. The van der Waals surface area contributed by atoms with Crippen molar-refractivity contribution in [3.05, 3.63) is 72.2 Å². The molecular weight excluding hydrogens is 500 g/mol. The summed E-state index contributed by atoms with van der Waals surface area (Å²) in [6.07, 6.45) is 7.54. The molecule has 6 rings (SSSR count). The molecule has 2 aromatic heterocycles. The van der Waals surface area contributed by atoms with E-state index < -0.39 is 0 Å². The fourth-order valence-corrected chi connectivity index (χ4v) is 5.90. The molecule has 1 saturated heterocycles. The van der Waals surface area contributed by atoms with Crippen molar-refractivity contribution in [3.63, 3.8) is 0 Å². The van der Waals surface area contributed by atoms with E-state index in [1.807, 2.05) is 39.8 Å². The molecule has 4 aromatic rings. The summed E-state index contributed by atoms with van der Waals surface area (Å²) >= 11 is 0. The monoisotopic (exact) mass is 534 g/mol. The lowest BCUT2D eigenvalue weighted by atomic mass is 9.97. The second-order valence-electron chi connectivity index (χ2n) is 10.7. The van der Waals surface area contributed by atoms with Gasteiger partial charge in [0, 0.05) is 62.4 Å². The van der Waals surface area contributed by atoms with Crippen LogP contribution in [-0.2, 0) is 11.2 Å². The second kappa shape index (κ2) is 10.9. The third kappa shape index (κ3) is 4.81. The van der Waals surface area contributed by atoms with Gasteiger partial charge in [0.05, 0.1) is 24.0 Å². The third-order valence-corrected chi connectivity index (χ3v) is 7.97. The lowest BCUT2D eigenvalue weighted by Gasteiger charge is -2.36. The lowest BCUT2D eigenvalue weighted by Crippen LogP contribution is -2.50. The predicted molar refractivity (Wildman–Crippen MR) is 158 cm³/mol. The molecule has 0 saturated carbocycles. The highest BCUT2D eigenvalue weighted by atomic mass is 16.2. The van der Waals surface area contributed by atoms with Gasteiger partial charge in [0.15, 0.2) is 5.65 Å². The number of nitrogens with zero attached hydrogens (tertiary/aromatic N) is 7. The smallest absolute Gasteiger partial charge is 0.242 e. The maximum Gasteiger partial charge on any atom is 0.242 e. The van der Waals surface area contributed by atoms with Gasteiger partial charge in [-0.05, 0) is 56.5 Å². The Morgan fingerprint density at radius 3 is 2.70 bits per heavy atom. The van der Waals surface area contributed by atoms with E-state index in [0.29, 0.717) is 37.8 Å². The van der Waals surface area contributed by atoms with E-state index in [1.54, 1.807) is 12.4 Å². The summed E-state index contributed by atoms with van der Waals surface area (Å²) in [6, 6.07) is 17.0. The number of aromatic nitrogens is 3. The fourth-order valence-electron chi connectivity index (χ4n) is 5.90. The number of carbonyl (C=O) groups is 1. The van der Waals surface area contributed by atoms with Crippen LogP contribution in [0.1, 0.15) is 31.4 Å². The first-order valence-electron chi connectivity index (χ1n) is 14.0. The highest BCUT2D eigenvalue weighted by molar-refractivity contribution is 5.84. The zero-order valence-corrected chi connectivity index (χ0v) is 23.0. The van der Waals surface area contributed by atoms with Crippen molar-refractivity contribution in [1.29, 1.82) is 5.26 Å². The molecule has 9 heteroatoms. The summed E-state index contributed by atoms with van der Waals surface area (Å²) in [6.45, 7) is 8.34. The molecule has 0 atom stereocenters. The van der Waals surface area contributed by atoms with Crippen LogP contribution >= 0.6 is 0 Å². The van der Waals surface area contributed by atoms with Crippen molar-refractivity contribution in [1.82, 2.24) is 19.3 Å². The van der Waals surface area contributed by atoms with Crippen molar-refractivity contribution >= 4 is 28.7 Å². The van der Waals surface area contributed by atoms with Gasteiger partial charge in [0.1, 0.15) is 17.6 Å². The van der Waals surface area contributed by atoms with Gasteiger partial charge in [-0.1, -0.05) is 18.2 Å². The van der Waals surface area contributed by atoms with Crippen LogP contribution in [0.5, 0.6) is 0 Å². The Balaban J connectivity index is 1.19. The molecule has 4 heterocycles. The summed E-state index contributed by atoms with van der Waals surface area (Å²) in [5.74, 6) is 0.838. The van der Waals surface area contributed by atoms with E-state index in [2.05, 4.69) is 58.2 Å². The van der Waals surface area contributed by atoms with Crippen LogP contribution in [0.2, 0.25) is 0 Å². The van der Waals surface area contributed by atoms with Crippen LogP contribution in [-0.4, -0.2) is 70.5 Å². The molecule has 1 N–H and O–H groups in total. The van der Waals surface area contributed by atoms with Gasteiger partial charge in [-0.2, -0.15) is 5.26 Å². The Morgan fingerprint density at radius 1 is 1.07 bits per heavy atom. The minimum Gasteiger partial charge on any atom is -0.369 e. The van der Waals surface area contributed by atoms with Crippen LogP contribution in [0.4, 0.5) is 17.2 Å². The Kier molecular flexibility index (Phi) is 6.99. The molecular formula is C31H34N8O. The van der Waals surface area contributed by atoms with Gasteiger partial charge in [0.25, 0.3) is 0 Å². The number of aryl methyl sites for hydroxylation is 1. The zero-order valence-electron chi connectivity index (χ0n) is 23.0. The van der Waals surface area contributed by atoms with E-state index in [4.69, 9.17) is 4.98 Å². The summed E-state index contributed by atoms with van der Waals surface area (Å²) in [7, 11) is 0. The molecule has 9 nitrogen and oxygen atoms in total. The van der Waals surface area contributed by atoms with Gasteiger partial charge in [-0.3, -0.25) is 14.2 Å². The van der Waals surface area contributed by atoms with Crippen molar-refractivity contribution in [2.24, 2.45) is 0 Å². The van der Waals surface area contributed by atoms with Crippen LogP contribution in [0, 0.1) is 11.3 Å². The molecule has 0 spiro atoms. The van der Waals surface area contributed by atoms with Gasteiger partial charge in [-0.15, -0.1) is 0 Å². The SMILES string of the molecule is CC(C)N1CCCc2cc(-c3nc4cnccn4c3NCC(=O)N3CCN(c4ccccc4C#N)CC3)ccc21. The number of piperazine rings is 1. The molecule has 0 aliphatic carbocycles. The number of para-hydroxylation sites is 1. The van der Waals surface area contributed by atoms with E-state index in [-0.39, 0.29) is 12.5 Å². The average molecular weight is 535 g/mol. The number of amides is 1. The summed E-state index contributed by atoms with van der Waals surface area (Å²) < 4.78 is 1.96. The Labute approximate surface area is 234 Å². The molecule has 0 bridgehead atoms. The molecule has 1 amide bonds. The molecule has 1 fully saturated rings. The van der Waals surface area contributed by atoms with Gasteiger partial charge < -0.3 is 20.0 Å². The number of anilines is 3. The fraction of sp³-hybridized carbons (Fsp3) is 0.355. The number of hydrogen-bond acceptors (Lipinski definition) is 7. The Morgan fingerprint density at radius 2 is 1.90 bits per heavy atom. The molecule has 40 heavy (non-hydrogen) atoms. The number of carbonyl (C=O) groups excluding carboxylic acids is 1. The van der Waals surface area contributed by atoms with Crippen LogP contribution in [0.3, 0.4) is 0 Å². The maximum absolute atomic E-state index is 13.3. The summed E-state index contributed by atoms with van der Waals surface area (Å²) in [5, 5.41) is 12.9. The van der Waals surface area contributed by atoms with Crippen molar-refractivity contribution in [2.75, 3.05) is 54.4 Å². The number of fused-ring (bicyclic) bond motifs is 2. The molecule has 2 aromatic carbocycles. The minimum atomic E-state index is 0.0428. The van der Waals surface area contributed by atoms with E-state index in [1.165, 1.54) is 11.3 Å². The van der Waals surface area contributed by atoms with Crippen molar-refractivity contribution in [2.45, 2.75) is 32.7 Å². The van der Waals surface area contributed by atoms with Crippen molar-refractivity contribution < 1.29 is 4.79 Å². The normalized spacial score (nSPS) is 15.3. The van der Waals surface area contributed by atoms with E-state index >= 15 is 0 Å². The van der Waals surface area contributed by atoms with Crippen LogP contribution in [0.15, 0.2) is 61.1 Å². The maximum atomic E-state index is 13.3. The first kappa shape index (κ1) is 25.7. The number of rotatable bonds is 6. The molecule has 0 radical (unpaired) electrons. The first-order valence-corrected chi connectivity index (χ1v) is 14.0. The van der Waals surface area contributed by atoms with Gasteiger partial charge >= 0.3 is 0 Å². The van der Waals surface area contributed by atoms with E-state index in [9.17, 15) is 10.1 Å². The quantitative estimate of drug-likeness (QED) is 0.397. The van der Waals surface area contributed by atoms with Crippen molar-refractivity contribution in [3.8, 4) is 17.3 Å². The number of nitriles is 1.